The molecule has 2 unspecified atom stereocenters. The summed E-state index contributed by atoms with van der Waals surface area (Å²) in [5, 5.41) is 35.1. The van der Waals surface area contributed by atoms with E-state index in [1.165, 1.54) is 21.7 Å². The second kappa shape index (κ2) is 8.99. The van der Waals surface area contributed by atoms with Crippen LogP contribution >= 0.6 is 0 Å². The molecule has 0 fully saturated rings. The summed E-state index contributed by atoms with van der Waals surface area (Å²) >= 11 is 0. The van der Waals surface area contributed by atoms with E-state index >= 15 is 0 Å². The van der Waals surface area contributed by atoms with Crippen LogP contribution in [-0.4, -0.2) is 32.4 Å². The van der Waals surface area contributed by atoms with Gasteiger partial charge in [-0.25, -0.2) is 4.68 Å². The number of fused-ring (bicyclic) bond motifs is 1. The van der Waals surface area contributed by atoms with Gasteiger partial charge in [0.25, 0.3) is 0 Å². The van der Waals surface area contributed by atoms with Crippen molar-refractivity contribution in [1.82, 2.24) is 14.8 Å². The summed E-state index contributed by atoms with van der Waals surface area (Å²) in [7, 11) is 0. The van der Waals surface area contributed by atoms with Crippen LogP contribution in [0.5, 0.6) is 0 Å². The normalized spacial score (nSPS) is 19.5. The monoisotopic (exact) mass is 481 g/mol. The van der Waals surface area contributed by atoms with E-state index in [1.807, 2.05) is 0 Å². The van der Waals surface area contributed by atoms with E-state index in [0.717, 1.165) is 12.1 Å². The fraction of sp³-hybridized carbons (Fsp3) is 0.261. The maximum atomic E-state index is 13.4. The second-order valence-corrected chi connectivity index (χ2v) is 7.90. The number of alkyl halides is 3. The Hall–Kier alpha value is -4.58. The third-order valence-electron chi connectivity index (χ3n) is 5.72. The summed E-state index contributed by atoms with van der Waals surface area (Å²) in [4.78, 5) is 16.8. The number of anilines is 3. The summed E-state index contributed by atoms with van der Waals surface area (Å²) in [5.41, 5.74) is 0.346. The van der Waals surface area contributed by atoms with Gasteiger partial charge in [-0.3, -0.25) is 9.69 Å². The molecule has 0 radical (unpaired) electrons. The predicted molar refractivity (Wildman–Crippen MR) is 118 cm³/mol. The van der Waals surface area contributed by atoms with Gasteiger partial charge in [0, 0.05) is 22.9 Å². The molecule has 2 heterocycles. The number of aliphatic carboxylic acids is 1. The van der Waals surface area contributed by atoms with Crippen molar-refractivity contribution < 1.29 is 23.1 Å². The molecule has 35 heavy (non-hydrogen) atoms. The summed E-state index contributed by atoms with van der Waals surface area (Å²) < 4.78 is 41.6. The third kappa shape index (κ3) is 4.46. The highest BCUT2D eigenvalue weighted by Gasteiger charge is 2.39. The number of carbonyl (C=O) groups is 1. The number of nitrogens with one attached hydrogen (secondary N) is 1. The molecule has 2 aliphatic rings. The maximum absolute atomic E-state index is 13.4. The van der Waals surface area contributed by atoms with Gasteiger partial charge in [0.1, 0.15) is 6.54 Å². The van der Waals surface area contributed by atoms with Gasteiger partial charge in [-0.1, -0.05) is 18.2 Å². The first-order chi connectivity index (χ1) is 16.6. The van der Waals surface area contributed by atoms with Gasteiger partial charge in [0.2, 0.25) is 11.9 Å². The Morgan fingerprint density at radius 1 is 1.31 bits per heavy atom. The van der Waals surface area contributed by atoms with Crippen LogP contribution in [-0.2, 0) is 11.0 Å². The Bertz CT molecular complexity index is 1360. The van der Waals surface area contributed by atoms with E-state index in [4.69, 9.17) is 10.4 Å². The molecule has 0 bridgehead atoms. The zero-order valence-electron chi connectivity index (χ0n) is 18.3. The SMILES string of the molecule is CC1=C(C#N)C(C2C=CC(C#N)=CC2)n2nc(NCC(=O)O)nc2N1c1cccc(C(F)(F)F)c1. The van der Waals surface area contributed by atoms with Gasteiger partial charge in [0.05, 0.1) is 29.3 Å². The Morgan fingerprint density at radius 2 is 2.09 bits per heavy atom. The Labute approximate surface area is 197 Å². The minimum Gasteiger partial charge on any atom is -0.480 e. The predicted octanol–water partition coefficient (Wildman–Crippen LogP) is 4.31. The second-order valence-electron chi connectivity index (χ2n) is 7.90. The average molecular weight is 481 g/mol. The van der Waals surface area contributed by atoms with E-state index in [2.05, 4.69) is 27.5 Å². The first kappa shape index (κ1) is 23.6. The average Bonchev–Trinajstić information content (AvgIpc) is 3.25. The highest BCUT2D eigenvalue weighted by Crippen LogP contribution is 2.45. The van der Waals surface area contributed by atoms with Gasteiger partial charge < -0.3 is 10.4 Å². The third-order valence-corrected chi connectivity index (χ3v) is 5.72. The molecule has 2 aromatic rings. The number of hydrogen-bond acceptors (Lipinski definition) is 7. The molecular formula is C23H18F3N7O2. The Morgan fingerprint density at radius 3 is 2.69 bits per heavy atom. The highest BCUT2D eigenvalue weighted by atomic mass is 19.4. The molecule has 1 aliphatic carbocycles. The molecule has 1 aromatic heterocycles. The quantitative estimate of drug-likeness (QED) is 0.646. The molecule has 9 nitrogen and oxygen atoms in total. The van der Waals surface area contributed by atoms with Crippen LogP contribution in [0.1, 0.15) is 24.9 Å². The van der Waals surface area contributed by atoms with Crippen molar-refractivity contribution in [3.05, 3.63) is 64.9 Å². The molecule has 1 aliphatic heterocycles. The van der Waals surface area contributed by atoms with Crippen molar-refractivity contribution in [2.24, 2.45) is 5.92 Å². The van der Waals surface area contributed by atoms with Crippen molar-refractivity contribution in [3.63, 3.8) is 0 Å². The van der Waals surface area contributed by atoms with Gasteiger partial charge in [0.15, 0.2) is 0 Å². The van der Waals surface area contributed by atoms with E-state index in [1.54, 1.807) is 25.2 Å². The van der Waals surface area contributed by atoms with Crippen molar-refractivity contribution in [1.29, 1.82) is 10.5 Å². The van der Waals surface area contributed by atoms with E-state index < -0.39 is 30.3 Å². The molecule has 4 rings (SSSR count). The zero-order chi connectivity index (χ0) is 25.3. The van der Waals surface area contributed by atoms with Crippen molar-refractivity contribution in [2.75, 3.05) is 16.8 Å². The first-order valence-electron chi connectivity index (χ1n) is 10.4. The number of carboxylic acids is 1. The summed E-state index contributed by atoms with van der Waals surface area (Å²) in [6, 6.07) is 8.15. The smallest absolute Gasteiger partial charge is 0.416 e. The summed E-state index contributed by atoms with van der Waals surface area (Å²) in [6.07, 6.45) is 0.989. The number of aromatic nitrogens is 3. The Balaban J connectivity index is 1.87. The van der Waals surface area contributed by atoms with Crippen LogP contribution in [0.2, 0.25) is 0 Å². The molecule has 0 amide bonds. The lowest BCUT2D eigenvalue weighted by atomic mass is 9.85. The molecule has 2 N–H and O–H groups in total. The number of hydrogen-bond donors (Lipinski definition) is 2. The molecular weight excluding hydrogens is 463 g/mol. The molecule has 178 valence electrons. The lowest BCUT2D eigenvalue weighted by Crippen LogP contribution is -2.33. The van der Waals surface area contributed by atoms with Crippen molar-refractivity contribution in [2.45, 2.75) is 25.6 Å². The topological polar surface area (TPSA) is 131 Å². The number of carboxylic acid groups (broad SMARTS) is 1. The van der Waals surface area contributed by atoms with Crippen LogP contribution in [0.4, 0.5) is 30.8 Å². The van der Waals surface area contributed by atoms with Gasteiger partial charge in [-0.2, -0.15) is 28.7 Å². The van der Waals surface area contributed by atoms with E-state index in [-0.39, 0.29) is 29.1 Å². The van der Waals surface area contributed by atoms with Gasteiger partial charge in [-0.05, 0) is 37.6 Å². The standard InChI is InChI=1S/C23H18F3N7O2/c1-13-18(11-28)20(15-7-5-14(10-27)6-8-15)33-22(30-21(31-33)29-12-19(34)35)32(13)17-4-2-3-16(9-17)23(24,25)26/h2-7,9,15,20H,8,12H2,1H3,(H,29,31)(H,34,35). The van der Waals surface area contributed by atoms with Gasteiger partial charge in [-0.15, -0.1) is 5.10 Å². The lowest BCUT2D eigenvalue weighted by Gasteiger charge is -2.36. The fourth-order valence-corrected chi connectivity index (χ4v) is 4.12. The first-order valence-corrected chi connectivity index (χ1v) is 10.4. The minimum atomic E-state index is -4.58. The van der Waals surface area contributed by atoms with Crippen molar-refractivity contribution >= 4 is 23.6 Å². The minimum absolute atomic E-state index is 0.0515. The molecule has 1 aromatic carbocycles. The molecule has 0 saturated carbocycles. The number of allylic oxidation sites excluding steroid dienone is 6. The van der Waals surface area contributed by atoms with Gasteiger partial charge >= 0.3 is 12.1 Å². The fourth-order valence-electron chi connectivity index (χ4n) is 4.12. The highest BCUT2D eigenvalue weighted by molar-refractivity contribution is 5.73. The number of nitrogens with zero attached hydrogens (tertiary/aromatic N) is 6. The van der Waals surface area contributed by atoms with Crippen molar-refractivity contribution in [3.8, 4) is 12.1 Å². The molecule has 2 atom stereocenters. The molecule has 0 spiro atoms. The van der Waals surface area contributed by atoms with Crippen LogP contribution < -0.4 is 10.2 Å². The number of rotatable bonds is 5. The number of halogens is 3. The number of benzene rings is 1. The maximum Gasteiger partial charge on any atom is 0.416 e. The number of nitriles is 2. The van der Waals surface area contributed by atoms with Crippen LogP contribution in [0, 0.1) is 28.6 Å². The lowest BCUT2D eigenvalue weighted by molar-refractivity contribution is -0.137. The van der Waals surface area contributed by atoms with Crippen LogP contribution in [0.15, 0.2) is 59.3 Å². The van der Waals surface area contributed by atoms with Crippen LogP contribution in [0.25, 0.3) is 0 Å². The zero-order valence-corrected chi connectivity index (χ0v) is 18.3. The van der Waals surface area contributed by atoms with Crippen LogP contribution in [0.3, 0.4) is 0 Å². The van der Waals surface area contributed by atoms with E-state index in [9.17, 15) is 23.2 Å². The molecule has 0 saturated heterocycles. The largest absolute Gasteiger partial charge is 0.480 e. The summed E-state index contributed by atoms with van der Waals surface area (Å²) in [5.74, 6) is -1.37. The Kier molecular flexibility index (Phi) is 6.05. The molecule has 12 heteroatoms. The summed E-state index contributed by atoms with van der Waals surface area (Å²) in [6.45, 7) is 1.13. The van der Waals surface area contributed by atoms with E-state index in [0.29, 0.717) is 17.7 Å².